The number of hydrogen-bond acceptors (Lipinski definition) is 5. The molecule has 0 atom stereocenters. The Hall–Kier alpha value is -2.31. The number of nitrogens with zero attached hydrogens (tertiary/aromatic N) is 2. The molecular weight excluding hydrogens is 322 g/mol. The van der Waals surface area contributed by atoms with Crippen LogP contribution in [0.5, 0.6) is 0 Å². The predicted octanol–water partition coefficient (Wildman–Crippen LogP) is 2.43. The number of nitrogens with one attached hydrogen (secondary N) is 1. The fourth-order valence-corrected chi connectivity index (χ4v) is 2.97. The second-order valence-electron chi connectivity index (χ2n) is 5.80. The van der Waals surface area contributed by atoms with E-state index in [4.69, 9.17) is 0 Å². The smallest absolute Gasteiger partial charge is 0.148 e. The van der Waals surface area contributed by atoms with Crippen LogP contribution < -0.4 is 5.32 Å². The minimum atomic E-state index is -2.91. The summed E-state index contributed by atoms with van der Waals surface area (Å²) < 4.78 is 22.2. The van der Waals surface area contributed by atoms with Crippen LogP contribution in [-0.2, 0) is 16.4 Å². The zero-order valence-corrected chi connectivity index (χ0v) is 14.3. The van der Waals surface area contributed by atoms with Crippen LogP contribution in [0, 0.1) is 0 Å². The van der Waals surface area contributed by atoms with Crippen molar-refractivity contribution in [1.82, 2.24) is 15.3 Å². The van der Waals surface area contributed by atoms with Crippen molar-refractivity contribution < 1.29 is 8.42 Å². The highest BCUT2D eigenvalue weighted by molar-refractivity contribution is 7.90. The molecule has 0 aliphatic rings. The van der Waals surface area contributed by atoms with Gasteiger partial charge in [-0.1, -0.05) is 36.4 Å². The molecule has 1 heterocycles. The number of benzene rings is 2. The molecule has 24 heavy (non-hydrogen) atoms. The van der Waals surface area contributed by atoms with Gasteiger partial charge in [-0.15, -0.1) is 0 Å². The lowest BCUT2D eigenvalue weighted by atomic mass is 10.0. The van der Waals surface area contributed by atoms with Crippen LogP contribution in [0.15, 0.2) is 55.0 Å². The number of rotatable bonds is 6. The average Bonchev–Trinajstić information content (AvgIpc) is 2.58. The molecular formula is C18H19N3O2S. The molecule has 3 rings (SSSR count). The molecule has 0 aliphatic heterocycles. The van der Waals surface area contributed by atoms with Gasteiger partial charge in [0.05, 0.1) is 11.3 Å². The fraction of sp³-hybridized carbons (Fsp3) is 0.222. The topological polar surface area (TPSA) is 72.0 Å². The molecule has 2 aromatic carbocycles. The van der Waals surface area contributed by atoms with Gasteiger partial charge in [0.25, 0.3) is 0 Å². The Morgan fingerprint density at radius 3 is 2.54 bits per heavy atom. The largest absolute Gasteiger partial charge is 0.312 e. The normalized spacial score (nSPS) is 11.7. The van der Waals surface area contributed by atoms with Crippen molar-refractivity contribution in [3.63, 3.8) is 0 Å². The Bertz CT molecular complexity index is 938. The summed E-state index contributed by atoms with van der Waals surface area (Å²) in [6.07, 6.45) is 4.60. The molecule has 1 aromatic heterocycles. The van der Waals surface area contributed by atoms with Gasteiger partial charge in [0.1, 0.15) is 16.2 Å². The zero-order valence-electron chi connectivity index (χ0n) is 13.4. The molecule has 0 bridgehead atoms. The van der Waals surface area contributed by atoms with Crippen molar-refractivity contribution in [3.05, 3.63) is 60.6 Å². The van der Waals surface area contributed by atoms with E-state index in [0.29, 0.717) is 13.1 Å². The van der Waals surface area contributed by atoms with Gasteiger partial charge in [0.15, 0.2) is 0 Å². The molecule has 0 unspecified atom stereocenters. The summed E-state index contributed by atoms with van der Waals surface area (Å²) in [5.74, 6) is 0.157. The molecule has 0 radical (unpaired) electrons. The third-order valence-corrected chi connectivity index (χ3v) is 4.72. The third-order valence-electron chi connectivity index (χ3n) is 3.77. The SMILES string of the molecule is CS(=O)(=O)CCNCc1ccc(-c2ccc3cncnc3c2)cc1. The molecule has 3 aromatic rings. The molecule has 0 saturated heterocycles. The molecule has 0 amide bonds. The van der Waals surface area contributed by atoms with Crippen molar-refractivity contribution >= 4 is 20.7 Å². The molecule has 124 valence electrons. The Balaban J connectivity index is 1.67. The van der Waals surface area contributed by atoms with Crippen LogP contribution in [0.25, 0.3) is 22.0 Å². The van der Waals surface area contributed by atoms with Crippen molar-refractivity contribution in [1.29, 1.82) is 0 Å². The second-order valence-corrected chi connectivity index (χ2v) is 8.06. The maximum atomic E-state index is 11.1. The maximum absolute atomic E-state index is 11.1. The Morgan fingerprint density at radius 2 is 1.79 bits per heavy atom. The van der Waals surface area contributed by atoms with Gasteiger partial charge in [-0.25, -0.2) is 18.4 Å². The van der Waals surface area contributed by atoms with Crippen LogP contribution >= 0.6 is 0 Å². The molecule has 0 fully saturated rings. The van der Waals surface area contributed by atoms with Gasteiger partial charge in [-0.3, -0.25) is 0 Å². The number of hydrogen-bond donors (Lipinski definition) is 1. The molecule has 6 heteroatoms. The predicted molar refractivity (Wildman–Crippen MR) is 96.4 cm³/mol. The summed E-state index contributed by atoms with van der Waals surface area (Å²) in [4.78, 5) is 8.31. The van der Waals surface area contributed by atoms with E-state index in [9.17, 15) is 8.42 Å². The molecule has 1 N–H and O–H groups in total. The summed E-state index contributed by atoms with van der Waals surface area (Å²) in [7, 11) is -2.91. The van der Waals surface area contributed by atoms with Gasteiger partial charge in [-0.2, -0.15) is 0 Å². The minimum absolute atomic E-state index is 0.157. The lowest BCUT2D eigenvalue weighted by Gasteiger charge is -2.07. The van der Waals surface area contributed by atoms with Crippen molar-refractivity contribution in [3.8, 4) is 11.1 Å². The van der Waals surface area contributed by atoms with E-state index in [-0.39, 0.29) is 5.75 Å². The van der Waals surface area contributed by atoms with Crippen molar-refractivity contribution in [2.75, 3.05) is 18.6 Å². The summed E-state index contributed by atoms with van der Waals surface area (Å²) in [6, 6.07) is 14.4. The monoisotopic (exact) mass is 341 g/mol. The Morgan fingerprint density at radius 1 is 1.04 bits per heavy atom. The van der Waals surface area contributed by atoms with E-state index in [1.807, 2.05) is 18.2 Å². The number of fused-ring (bicyclic) bond motifs is 1. The van der Waals surface area contributed by atoms with Gasteiger partial charge in [-0.05, 0) is 22.8 Å². The van der Waals surface area contributed by atoms with E-state index >= 15 is 0 Å². The summed E-state index contributed by atoms with van der Waals surface area (Å²) in [5.41, 5.74) is 4.28. The Labute approximate surface area is 141 Å². The lowest BCUT2D eigenvalue weighted by Crippen LogP contribution is -2.21. The standard InChI is InChI=1S/C18H19N3O2S/c1-24(22,23)9-8-19-11-14-2-4-15(5-3-14)16-6-7-17-12-20-13-21-18(17)10-16/h2-7,10,12-13,19H,8-9,11H2,1H3. The lowest BCUT2D eigenvalue weighted by molar-refractivity contribution is 0.596. The first-order chi connectivity index (χ1) is 11.5. The summed E-state index contributed by atoms with van der Waals surface area (Å²) >= 11 is 0. The molecule has 0 aliphatic carbocycles. The second kappa shape index (κ2) is 7.07. The fourth-order valence-electron chi connectivity index (χ4n) is 2.46. The highest BCUT2D eigenvalue weighted by Crippen LogP contribution is 2.23. The van der Waals surface area contributed by atoms with E-state index in [1.165, 1.54) is 6.26 Å². The first-order valence-electron chi connectivity index (χ1n) is 7.69. The van der Waals surface area contributed by atoms with E-state index in [1.54, 1.807) is 12.5 Å². The first-order valence-corrected chi connectivity index (χ1v) is 9.75. The first kappa shape index (κ1) is 16.5. The third kappa shape index (κ3) is 4.37. The van der Waals surface area contributed by atoms with Gasteiger partial charge in [0, 0.05) is 30.9 Å². The minimum Gasteiger partial charge on any atom is -0.312 e. The summed E-state index contributed by atoms with van der Waals surface area (Å²) in [5, 5.41) is 4.17. The molecule has 0 spiro atoms. The van der Waals surface area contributed by atoms with Crippen LogP contribution in [-0.4, -0.2) is 36.9 Å². The quantitative estimate of drug-likeness (QED) is 0.697. The van der Waals surface area contributed by atoms with Gasteiger partial charge < -0.3 is 5.32 Å². The number of sulfone groups is 1. The van der Waals surface area contributed by atoms with E-state index < -0.39 is 9.84 Å². The van der Waals surface area contributed by atoms with Crippen molar-refractivity contribution in [2.24, 2.45) is 0 Å². The van der Waals surface area contributed by atoms with E-state index in [0.717, 1.165) is 27.6 Å². The van der Waals surface area contributed by atoms with Crippen LogP contribution in [0.2, 0.25) is 0 Å². The van der Waals surface area contributed by atoms with Gasteiger partial charge in [0.2, 0.25) is 0 Å². The van der Waals surface area contributed by atoms with Crippen LogP contribution in [0.4, 0.5) is 0 Å². The van der Waals surface area contributed by atoms with Crippen LogP contribution in [0.3, 0.4) is 0 Å². The Kier molecular flexibility index (Phi) is 4.87. The maximum Gasteiger partial charge on any atom is 0.148 e. The average molecular weight is 341 g/mol. The highest BCUT2D eigenvalue weighted by atomic mass is 32.2. The summed E-state index contributed by atoms with van der Waals surface area (Å²) in [6.45, 7) is 1.12. The van der Waals surface area contributed by atoms with Crippen LogP contribution in [0.1, 0.15) is 5.56 Å². The number of aromatic nitrogens is 2. The van der Waals surface area contributed by atoms with Gasteiger partial charge >= 0.3 is 0 Å². The van der Waals surface area contributed by atoms with E-state index in [2.05, 4.69) is 39.6 Å². The molecule has 0 saturated carbocycles. The van der Waals surface area contributed by atoms with Crippen molar-refractivity contribution in [2.45, 2.75) is 6.54 Å². The molecule has 5 nitrogen and oxygen atoms in total. The zero-order chi connectivity index (χ0) is 17.0. The highest BCUT2D eigenvalue weighted by Gasteiger charge is 2.03.